The monoisotopic (exact) mass is 649 g/mol. The Labute approximate surface area is 166 Å². The van der Waals surface area contributed by atoms with Gasteiger partial charge in [0.2, 0.25) is 0 Å². The van der Waals surface area contributed by atoms with Crippen LogP contribution in [0.1, 0.15) is 27.7 Å². The van der Waals surface area contributed by atoms with E-state index in [4.69, 9.17) is 0 Å². The summed E-state index contributed by atoms with van der Waals surface area (Å²) in [5.41, 5.74) is 7.42. The molecule has 1 heterocycles. The summed E-state index contributed by atoms with van der Waals surface area (Å²) in [5, 5.41) is 5.45. The van der Waals surface area contributed by atoms with Gasteiger partial charge < -0.3 is 0 Å². The number of hydrazone groups is 1. The molecule has 1 N–H and O–H groups in total. The molecule has 0 aliphatic carbocycles. The molecule has 0 radical (unpaired) electrons. The van der Waals surface area contributed by atoms with Crippen LogP contribution in [0.25, 0.3) is 0 Å². The molecule has 0 bridgehead atoms. The standard InChI is InChI=1S/C11H15I2N3S2.CH3I/c1-6(2)7(3)15-16-8(4)9(5-12)10-14-11(17)13-18-10;1-2/h5,15,17H,1-4H3;1H3/b9-5-,16-8+;. The van der Waals surface area contributed by atoms with Gasteiger partial charge in [-0.05, 0) is 65.0 Å². The molecule has 0 atom stereocenters. The van der Waals surface area contributed by atoms with Gasteiger partial charge in [0.05, 0.1) is 5.71 Å². The number of halogens is 3. The number of hydrogen-bond donors (Lipinski definition) is 2. The molecule has 0 aromatic rings. The van der Waals surface area contributed by atoms with Gasteiger partial charge in [0.25, 0.3) is 0 Å². The number of alkyl halides is 1. The summed E-state index contributed by atoms with van der Waals surface area (Å²) in [6.45, 7) is 8.14. The van der Waals surface area contributed by atoms with Gasteiger partial charge in [-0.3, -0.25) is 5.43 Å². The molecule has 0 unspecified atom stereocenters. The van der Waals surface area contributed by atoms with Gasteiger partial charge in [-0.25, -0.2) is 4.99 Å². The van der Waals surface area contributed by atoms with Crippen LogP contribution in [0, 0.1) is 0 Å². The van der Waals surface area contributed by atoms with E-state index < -0.39 is 0 Å². The summed E-state index contributed by atoms with van der Waals surface area (Å²) in [7, 11) is 1.80. The Morgan fingerprint density at radius 1 is 1.35 bits per heavy atom. The minimum absolute atomic E-state index is 0.0942. The normalized spacial score (nSPS) is 15.4. The van der Waals surface area contributed by atoms with E-state index >= 15 is 0 Å². The average molecular weight is 649 g/mol. The number of aliphatic imine (C=N–C) groups is 1. The van der Waals surface area contributed by atoms with Crippen molar-refractivity contribution in [2.75, 3.05) is 4.93 Å². The van der Waals surface area contributed by atoms with Crippen molar-refractivity contribution in [2.45, 2.75) is 27.7 Å². The fourth-order valence-electron chi connectivity index (χ4n) is 0.911. The highest BCUT2D eigenvalue weighted by molar-refractivity contribution is 14.2. The van der Waals surface area contributed by atoms with Crippen molar-refractivity contribution < 1.29 is 0 Å². The summed E-state index contributed by atoms with van der Waals surface area (Å²) >= 11 is 8.62. The highest BCUT2D eigenvalue weighted by Crippen LogP contribution is 2.35. The summed E-state index contributed by atoms with van der Waals surface area (Å²) in [5.74, 6) is 0. The first kappa shape index (κ1) is 21.4. The summed E-state index contributed by atoms with van der Waals surface area (Å²) in [6, 6.07) is 0. The van der Waals surface area contributed by atoms with Gasteiger partial charge >= 0.3 is 0 Å². The van der Waals surface area contributed by atoms with Crippen LogP contribution in [0.3, 0.4) is 0 Å². The van der Waals surface area contributed by atoms with Crippen LogP contribution in [-0.2, 0) is 0 Å². The number of hydrogen-bond acceptors (Lipinski definition) is 5. The maximum atomic E-state index is 4.46. The largest absolute Gasteiger partial charge is 0.283 e. The van der Waals surface area contributed by atoms with Gasteiger partial charge in [-0.2, -0.15) is 5.10 Å². The van der Waals surface area contributed by atoms with Crippen LogP contribution in [0.15, 0.2) is 31.0 Å². The van der Waals surface area contributed by atoms with E-state index in [1.165, 1.54) is 5.57 Å². The summed E-state index contributed by atoms with van der Waals surface area (Å²) < 4.78 is 3.00. The molecule has 0 saturated heterocycles. The minimum atomic E-state index is -0.0942. The lowest BCUT2D eigenvalue weighted by Crippen LogP contribution is -2.12. The predicted molar refractivity (Wildman–Crippen MR) is 125 cm³/mol. The Bertz CT molecular complexity index is 490. The average Bonchev–Trinajstić information content (AvgIpc) is 2.85. The van der Waals surface area contributed by atoms with Crippen LogP contribution in [0.4, 0.5) is 0 Å². The van der Waals surface area contributed by atoms with Crippen LogP contribution < -0.4 is 5.43 Å². The predicted octanol–water partition coefficient (Wildman–Crippen LogP) is 5.68. The zero-order chi connectivity index (χ0) is 15.7. The topological polar surface area (TPSA) is 36.8 Å². The molecular formula is C12H18I3N3S2. The van der Waals surface area contributed by atoms with Crippen LogP contribution in [0.5, 0.6) is 0 Å². The van der Waals surface area contributed by atoms with Crippen molar-refractivity contribution in [1.82, 2.24) is 5.43 Å². The van der Waals surface area contributed by atoms with Crippen molar-refractivity contribution in [3.8, 4) is 0 Å². The molecule has 0 aromatic carbocycles. The maximum absolute atomic E-state index is 4.46. The smallest absolute Gasteiger partial charge is 0.133 e. The number of rotatable bonds is 4. The molecule has 0 fully saturated rings. The Morgan fingerprint density at radius 3 is 2.35 bits per heavy atom. The zero-order valence-corrected chi connectivity index (χ0v) is 20.1. The van der Waals surface area contributed by atoms with Crippen LogP contribution in [-0.4, -0.2) is 18.7 Å². The molecule has 1 aliphatic heterocycles. The molecule has 0 saturated carbocycles. The fraction of sp³-hybridized carbons (Fsp3) is 0.417. The van der Waals surface area contributed by atoms with Crippen molar-refractivity contribution in [1.29, 1.82) is 0 Å². The van der Waals surface area contributed by atoms with E-state index in [1.54, 1.807) is 8.93 Å². The second kappa shape index (κ2) is 11.9. The Hall–Kier alpha value is 1.38. The molecular weight excluding hydrogens is 631 g/mol. The van der Waals surface area contributed by atoms with Gasteiger partial charge in [-0.1, -0.05) is 50.8 Å². The molecule has 0 spiro atoms. The number of allylic oxidation sites excluding steroid dienone is 2. The third-order valence-electron chi connectivity index (χ3n) is 2.25. The SMILES string of the molecule is CC(C)=C(C)N/N=C(C)/C(=C/I)C1=NC(S)=IS1.CI. The van der Waals surface area contributed by atoms with Crippen molar-refractivity contribution >= 4 is 99.8 Å². The Kier molecular flexibility index (Phi) is 12.7. The quantitative estimate of drug-likeness (QED) is 0.135. The lowest BCUT2D eigenvalue weighted by molar-refractivity contribution is 0.866. The molecule has 3 nitrogen and oxygen atoms in total. The van der Waals surface area contributed by atoms with E-state index in [1.807, 2.05) is 22.9 Å². The first-order valence-electron chi connectivity index (χ1n) is 5.55. The Balaban J connectivity index is 0.00000172. The molecule has 0 amide bonds. The van der Waals surface area contributed by atoms with Gasteiger partial charge in [-0.15, -0.1) is 12.6 Å². The lowest BCUT2D eigenvalue weighted by Gasteiger charge is -2.07. The summed E-state index contributed by atoms with van der Waals surface area (Å²) in [4.78, 5) is 6.43. The van der Waals surface area contributed by atoms with Gasteiger partial charge in [0.15, 0.2) is 0 Å². The fourth-order valence-corrected chi connectivity index (χ4v) is 6.25. The number of thiol groups is 1. The molecule has 20 heavy (non-hydrogen) atoms. The molecule has 114 valence electrons. The highest BCUT2D eigenvalue weighted by Gasteiger charge is 2.15. The van der Waals surface area contributed by atoms with E-state index in [-0.39, 0.29) is 19.3 Å². The number of nitrogens with one attached hydrogen (secondary N) is 1. The molecule has 8 heteroatoms. The van der Waals surface area contributed by atoms with Crippen molar-refractivity contribution in [3.63, 3.8) is 0 Å². The third kappa shape index (κ3) is 7.58. The van der Waals surface area contributed by atoms with E-state index in [2.05, 4.69) is 87.2 Å². The summed E-state index contributed by atoms with van der Waals surface area (Å²) in [6.07, 6.45) is 0. The molecule has 1 aliphatic rings. The highest BCUT2D eigenvalue weighted by atomic mass is 127. The first-order chi connectivity index (χ1) is 9.45. The van der Waals surface area contributed by atoms with Crippen LogP contribution in [0.2, 0.25) is 0 Å². The van der Waals surface area contributed by atoms with E-state index in [9.17, 15) is 0 Å². The zero-order valence-electron chi connectivity index (χ0n) is 12.0. The lowest BCUT2D eigenvalue weighted by atomic mass is 10.2. The second-order valence-corrected chi connectivity index (χ2v) is 10.1. The molecule has 1 rings (SSSR count). The van der Waals surface area contributed by atoms with E-state index in [0.29, 0.717) is 0 Å². The third-order valence-corrected chi connectivity index (χ3v) is 8.36. The number of nitrogens with zero attached hydrogens (tertiary/aromatic N) is 2. The van der Waals surface area contributed by atoms with Gasteiger partial charge in [0.1, 0.15) is 8.01 Å². The van der Waals surface area contributed by atoms with Crippen LogP contribution >= 0.6 is 86.1 Å². The first-order valence-corrected chi connectivity index (χ1v) is 13.8. The molecule has 0 aromatic heterocycles. The maximum Gasteiger partial charge on any atom is 0.133 e. The Morgan fingerprint density at radius 2 is 1.95 bits per heavy atom. The van der Waals surface area contributed by atoms with Crippen molar-refractivity contribution in [3.05, 3.63) is 20.9 Å². The van der Waals surface area contributed by atoms with Crippen molar-refractivity contribution in [2.24, 2.45) is 10.1 Å². The van der Waals surface area contributed by atoms with Gasteiger partial charge in [0, 0.05) is 11.3 Å². The second-order valence-electron chi connectivity index (χ2n) is 3.80. The minimum Gasteiger partial charge on any atom is -0.283 e. The van der Waals surface area contributed by atoms with E-state index in [0.717, 1.165) is 25.0 Å².